The molecule has 1 aliphatic carbocycles. The van der Waals surface area contributed by atoms with Gasteiger partial charge >= 0.3 is 0 Å². The molecule has 1 heterocycles. The quantitative estimate of drug-likeness (QED) is 0.155. The molecule has 0 saturated carbocycles. The zero-order chi connectivity index (χ0) is 43.2. The second-order valence-electron chi connectivity index (χ2n) is 18.0. The lowest BCUT2D eigenvalue weighted by Gasteiger charge is -2.28. The third kappa shape index (κ3) is 5.81. The lowest BCUT2D eigenvalue weighted by atomic mass is 9.79. The van der Waals surface area contributed by atoms with Gasteiger partial charge in [-0.3, -0.25) is 0 Å². The van der Waals surface area contributed by atoms with Gasteiger partial charge in [-0.05, 0) is 114 Å². The van der Waals surface area contributed by atoms with E-state index in [1.54, 1.807) is 0 Å². The Labute approximate surface area is 378 Å². The topological polar surface area (TPSA) is 16.4 Å². The molecule has 11 aromatic carbocycles. The van der Waals surface area contributed by atoms with Gasteiger partial charge < -0.3 is 9.32 Å². The predicted molar refractivity (Wildman–Crippen MR) is 275 cm³/mol. The van der Waals surface area contributed by atoms with Gasteiger partial charge in [0.2, 0.25) is 0 Å². The molecule has 0 radical (unpaired) electrons. The van der Waals surface area contributed by atoms with E-state index in [4.69, 9.17) is 4.42 Å². The van der Waals surface area contributed by atoms with Crippen LogP contribution in [0.2, 0.25) is 0 Å². The minimum Gasteiger partial charge on any atom is -0.455 e. The van der Waals surface area contributed by atoms with Crippen molar-refractivity contribution in [3.63, 3.8) is 0 Å². The molecule has 0 amide bonds. The van der Waals surface area contributed by atoms with Crippen molar-refractivity contribution in [3.8, 4) is 44.5 Å². The van der Waals surface area contributed by atoms with E-state index in [2.05, 4.69) is 243 Å². The number of fused-ring (bicyclic) bond motifs is 11. The van der Waals surface area contributed by atoms with Crippen LogP contribution in [-0.4, -0.2) is 0 Å². The van der Waals surface area contributed by atoms with Crippen LogP contribution >= 0.6 is 0 Å². The summed E-state index contributed by atoms with van der Waals surface area (Å²) in [6, 6.07) is 82.1. The zero-order valence-corrected chi connectivity index (χ0v) is 36.2. The fourth-order valence-electron chi connectivity index (χ4n) is 10.9. The average Bonchev–Trinajstić information content (AvgIpc) is 3.87. The molecule has 0 fully saturated rings. The first-order chi connectivity index (χ1) is 32.0. The SMILES string of the molecule is CC1(C)c2ccccc2-c2cccc(-c3ccc(N(c4ccc(-c5ccc6c(ccc7ccccc76)c5)cc4)c4ccccc4-c4cccc5c4oc4c6ccccc6ccc54)cc3)c21. The Morgan fingerprint density at radius 3 is 1.68 bits per heavy atom. The van der Waals surface area contributed by atoms with Crippen molar-refractivity contribution in [2.45, 2.75) is 19.3 Å². The van der Waals surface area contributed by atoms with Gasteiger partial charge in [0, 0.05) is 44.1 Å². The number of rotatable bonds is 6. The Morgan fingerprint density at radius 2 is 0.862 bits per heavy atom. The van der Waals surface area contributed by atoms with Gasteiger partial charge in [0.25, 0.3) is 0 Å². The summed E-state index contributed by atoms with van der Waals surface area (Å²) in [5, 5.41) is 9.59. The molecule has 13 rings (SSSR count). The van der Waals surface area contributed by atoms with Crippen molar-refractivity contribution in [1.29, 1.82) is 0 Å². The molecule has 0 saturated heterocycles. The molecule has 0 unspecified atom stereocenters. The zero-order valence-electron chi connectivity index (χ0n) is 36.2. The van der Waals surface area contributed by atoms with Gasteiger partial charge in [-0.25, -0.2) is 0 Å². The van der Waals surface area contributed by atoms with E-state index >= 15 is 0 Å². The standard InChI is InChI=1S/C63H43NO/c1-63(2)58-23-9-7-17-52(58)54-20-11-19-50(60(54)63)43-29-35-47(36-30-43)64(46-33-27-40(28-34-46)44-32-37-49-45(39-44)26-25-41-13-3-5-15-48(41)49)59-24-10-8-18-53(59)55-21-12-22-56-57-38-31-42-14-4-6-16-51(42)61(57)65-62(55)56/h3-39H,1-2H3. The molecule has 0 N–H and O–H groups in total. The summed E-state index contributed by atoms with van der Waals surface area (Å²) in [5.74, 6) is 0. The van der Waals surface area contributed by atoms with Gasteiger partial charge in [-0.2, -0.15) is 0 Å². The number of furan rings is 1. The van der Waals surface area contributed by atoms with Gasteiger partial charge in [-0.15, -0.1) is 0 Å². The van der Waals surface area contributed by atoms with E-state index in [1.807, 2.05) is 0 Å². The Balaban J connectivity index is 0.958. The number of hydrogen-bond acceptors (Lipinski definition) is 2. The summed E-state index contributed by atoms with van der Waals surface area (Å²) in [6.45, 7) is 4.73. The highest BCUT2D eigenvalue weighted by Gasteiger charge is 2.37. The Hall–Kier alpha value is -8.20. The van der Waals surface area contributed by atoms with E-state index < -0.39 is 0 Å². The Kier molecular flexibility index (Phi) is 8.29. The van der Waals surface area contributed by atoms with Crippen LogP contribution < -0.4 is 4.90 Å². The molecule has 0 bridgehead atoms. The van der Waals surface area contributed by atoms with E-state index in [1.165, 1.54) is 71.4 Å². The van der Waals surface area contributed by atoms with E-state index in [-0.39, 0.29) is 5.41 Å². The normalized spacial score (nSPS) is 12.9. The van der Waals surface area contributed by atoms with Crippen LogP contribution in [0.15, 0.2) is 229 Å². The van der Waals surface area contributed by atoms with Crippen molar-refractivity contribution >= 4 is 71.3 Å². The highest BCUT2D eigenvalue weighted by molar-refractivity contribution is 6.18. The molecule has 1 aliphatic rings. The van der Waals surface area contributed by atoms with Gasteiger partial charge in [-0.1, -0.05) is 196 Å². The third-order valence-electron chi connectivity index (χ3n) is 14.0. The summed E-state index contributed by atoms with van der Waals surface area (Å²) in [6.07, 6.45) is 0. The molecular weight excluding hydrogens is 787 g/mol. The maximum absolute atomic E-state index is 6.94. The average molecular weight is 830 g/mol. The molecule has 1 aromatic heterocycles. The molecule has 0 aliphatic heterocycles. The molecule has 65 heavy (non-hydrogen) atoms. The number of para-hydroxylation sites is 2. The maximum atomic E-state index is 6.94. The Bertz CT molecular complexity index is 3850. The lowest BCUT2D eigenvalue weighted by molar-refractivity contribution is 0.662. The van der Waals surface area contributed by atoms with Crippen molar-refractivity contribution in [1.82, 2.24) is 0 Å². The summed E-state index contributed by atoms with van der Waals surface area (Å²) in [4.78, 5) is 2.40. The molecule has 12 aromatic rings. The predicted octanol–water partition coefficient (Wildman–Crippen LogP) is 17.8. The lowest BCUT2D eigenvalue weighted by Crippen LogP contribution is -2.16. The molecule has 2 nitrogen and oxygen atoms in total. The fourth-order valence-corrected chi connectivity index (χ4v) is 10.9. The second kappa shape index (κ2) is 14.4. The van der Waals surface area contributed by atoms with Crippen LogP contribution in [0, 0.1) is 0 Å². The van der Waals surface area contributed by atoms with Gasteiger partial charge in [0.1, 0.15) is 11.2 Å². The molecule has 0 atom stereocenters. The Morgan fingerprint density at radius 1 is 0.338 bits per heavy atom. The number of anilines is 3. The van der Waals surface area contributed by atoms with Crippen molar-refractivity contribution in [2.24, 2.45) is 0 Å². The smallest absolute Gasteiger partial charge is 0.143 e. The van der Waals surface area contributed by atoms with Crippen LogP contribution in [0.1, 0.15) is 25.0 Å². The maximum Gasteiger partial charge on any atom is 0.143 e. The first-order valence-electron chi connectivity index (χ1n) is 22.6. The van der Waals surface area contributed by atoms with Crippen LogP contribution in [0.25, 0.3) is 98.8 Å². The number of benzene rings is 11. The molecule has 306 valence electrons. The van der Waals surface area contributed by atoms with Crippen molar-refractivity contribution < 1.29 is 4.42 Å². The third-order valence-corrected chi connectivity index (χ3v) is 14.0. The van der Waals surface area contributed by atoms with Crippen molar-refractivity contribution in [3.05, 3.63) is 236 Å². The summed E-state index contributed by atoms with van der Waals surface area (Å²) in [5.41, 5.74) is 17.4. The van der Waals surface area contributed by atoms with Crippen molar-refractivity contribution in [2.75, 3.05) is 4.90 Å². The fraction of sp³-hybridized carbons (Fsp3) is 0.0476. The number of hydrogen-bond donors (Lipinski definition) is 0. The summed E-state index contributed by atoms with van der Waals surface area (Å²) < 4.78 is 6.94. The van der Waals surface area contributed by atoms with E-state index in [9.17, 15) is 0 Å². The van der Waals surface area contributed by atoms with Crippen LogP contribution in [0.4, 0.5) is 17.1 Å². The monoisotopic (exact) mass is 829 g/mol. The van der Waals surface area contributed by atoms with Gasteiger partial charge in [0.05, 0.1) is 5.69 Å². The molecule has 2 heteroatoms. The van der Waals surface area contributed by atoms with E-state index in [0.717, 1.165) is 55.5 Å². The van der Waals surface area contributed by atoms with Gasteiger partial charge in [0.15, 0.2) is 0 Å². The molecular formula is C63H43NO. The summed E-state index contributed by atoms with van der Waals surface area (Å²) in [7, 11) is 0. The van der Waals surface area contributed by atoms with E-state index in [0.29, 0.717) is 0 Å². The number of nitrogens with zero attached hydrogens (tertiary/aromatic N) is 1. The van der Waals surface area contributed by atoms with Crippen LogP contribution in [0.5, 0.6) is 0 Å². The highest BCUT2D eigenvalue weighted by Crippen LogP contribution is 2.52. The first-order valence-corrected chi connectivity index (χ1v) is 22.6. The second-order valence-corrected chi connectivity index (χ2v) is 18.0. The van der Waals surface area contributed by atoms with Crippen LogP contribution in [-0.2, 0) is 5.41 Å². The summed E-state index contributed by atoms with van der Waals surface area (Å²) >= 11 is 0. The highest BCUT2D eigenvalue weighted by atomic mass is 16.3. The first kappa shape index (κ1) is 37.4. The van der Waals surface area contributed by atoms with Crippen LogP contribution in [0.3, 0.4) is 0 Å². The largest absolute Gasteiger partial charge is 0.455 e. The minimum absolute atomic E-state index is 0.114. The molecule has 0 spiro atoms. The minimum atomic E-state index is -0.114.